The Morgan fingerprint density at radius 2 is 0.427 bits per heavy atom. The van der Waals surface area contributed by atoms with Crippen LogP contribution in [-0.4, -0.2) is 193 Å². The van der Waals surface area contributed by atoms with Crippen molar-refractivity contribution in [2.24, 2.45) is 0 Å². The minimum Gasteiger partial charge on any atom is -0.493 e. The molecule has 0 unspecified atom stereocenters. The van der Waals surface area contributed by atoms with Gasteiger partial charge in [0.25, 0.3) is 0 Å². The average molecular weight is 2080 g/mol. The normalized spacial score (nSPS) is 12.5. The van der Waals surface area contributed by atoms with E-state index >= 15 is 19.2 Å². The molecule has 0 fully saturated rings. The molecule has 0 aliphatic carbocycles. The summed E-state index contributed by atoms with van der Waals surface area (Å²) in [6, 6.07) is 34.9. The van der Waals surface area contributed by atoms with Crippen molar-refractivity contribution in [3.8, 4) is 73.6 Å². The summed E-state index contributed by atoms with van der Waals surface area (Å²) < 4.78 is 59.3. The number of carbonyl (C=O) groups excluding carboxylic acids is 13. The fraction of sp³-hybridized carbons (Fsp3) is 0.578. The van der Waals surface area contributed by atoms with Gasteiger partial charge in [0.05, 0.1) is 52.2 Å². The standard InChI is InChI=1S/C116H163N11O23/c1-104(2,3)142-94(131)44-56-113(57-45-95(132)143-105(4,5)6,58-46-96(133)144-106(7,8)9)124-91(128)41-53-116(54-42-92(129)125-114(59-47-97(134)145-107(10,11)12,60-48-98(135)146-108(13,14)15)61-49-99(136)147-109(16,17)18,55-43-93(130)126-115(62-50-100(137)148-110(19,20)21,63-51-101(138)149-111(22,23)24)64-52-102(139)150-112(25,26)27)127-103(140)121-69-36-70-141-82-72-78(80-74-87(83-37-28-32-65-117-83)122-88(75-80)84-38-29-33-66-118-84)71-79(73-82)81-76-89(85-39-30-34-67-119-85)123-90(77-81)86-40-31-35-68-120-86/h28-35,37-40,65-68,71-77H,36,41-64,69-70H2,1-27H3,(H,124,128)(H,125,129)(H,126,130)(H2,121,127,140). The molecule has 150 heavy (non-hydrogen) atoms. The lowest BCUT2D eigenvalue weighted by atomic mass is 9.80. The van der Waals surface area contributed by atoms with Crippen molar-refractivity contribution in [3.05, 3.63) is 140 Å². The fourth-order valence-electron chi connectivity index (χ4n) is 16.7. The molecule has 6 heterocycles. The second-order valence-corrected chi connectivity index (χ2v) is 47.5. The number of nitrogens with zero attached hydrogens (tertiary/aromatic N) is 6. The summed E-state index contributed by atoms with van der Waals surface area (Å²) in [4.78, 5) is 219. The van der Waals surface area contributed by atoms with Gasteiger partial charge < -0.3 is 74.0 Å². The Bertz CT molecular complexity index is 4900. The highest BCUT2D eigenvalue weighted by molar-refractivity contribution is 5.85. The first-order valence-electron chi connectivity index (χ1n) is 51.9. The first-order valence-corrected chi connectivity index (χ1v) is 51.9. The van der Waals surface area contributed by atoms with Gasteiger partial charge in [-0.05, 0) is 384 Å². The lowest BCUT2D eigenvalue weighted by molar-refractivity contribution is -0.158. The zero-order valence-electron chi connectivity index (χ0n) is 93.4. The average Bonchev–Trinajstić information content (AvgIpc) is 0.775. The Kier molecular flexibility index (Phi) is 44.6. The first-order chi connectivity index (χ1) is 69.5. The molecule has 0 aliphatic rings. The number of hydrogen-bond donors (Lipinski definition) is 5. The number of urea groups is 1. The molecule has 5 amide bonds. The van der Waals surface area contributed by atoms with Crippen molar-refractivity contribution < 1.29 is 110 Å². The van der Waals surface area contributed by atoms with E-state index in [1.165, 1.54) is 0 Å². The van der Waals surface area contributed by atoms with Gasteiger partial charge >= 0.3 is 59.8 Å². The smallest absolute Gasteiger partial charge is 0.315 e. The van der Waals surface area contributed by atoms with Crippen LogP contribution < -0.4 is 31.3 Å². The molecule has 6 aromatic heterocycles. The van der Waals surface area contributed by atoms with E-state index in [1.54, 1.807) is 212 Å². The number of aromatic nitrogens is 6. The van der Waals surface area contributed by atoms with E-state index < -0.39 is 189 Å². The third kappa shape index (κ3) is 48.2. The SMILES string of the molecule is CC(C)(C)OC(=O)CCC(CCC(=O)OC(C)(C)C)(CCC(=O)OC(C)(C)C)NC(=O)CCC(CCC(=O)NC(CCC(=O)OC(C)(C)C)(CCC(=O)OC(C)(C)C)CCC(=O)OC(C)(C)C)(CCC(=O)NC(CCC(=O)OC(C)(C)C)(CCC(=O)OC(C)(C)C)CCC(=O)OC(C)(C)C)NC(=O)NCCCOc1cc(-c2cc(-c3ccccn3)nc(-c3ccccn3)c2)cc(-c2cc(-c3ccccn3)nc(-c3ccccn3)c2)c1. The van der Waals surface area contributed by atoms with E-state index in [1.807, 2.05) is 115 Å². The van der Waals surface area contributed by atoms with Crippen molar-refractivity contribution in [3.63, 3.8) is 0 Å². The van der Waals surface area contributed by atoms with E-state index in [0.29, 0.717) is 73.6 Å². The highest BCUT2D eigenvalue weighted by Gasteiger charge is 2.44. The van der Waals surface area contributed by atoms with Gasteiger partial charge in [0.1, 0.15) is 56.2 Å². The van der Waals surface area contributed by atoms with Gasteiger partial charge in [-0.25, -0.2) is 14.8 Å². The number of ether oxygens (including phenoxy) is 10. The van der Waals surface area contributed by atoms with E-state index in [4.69, 9.17) is 77.3 Å². The van der Waals surface area contributed by atoms with Crippen molar-refractivity contribution >= 4 is 77.5 Å². The number of nitrogens with one attached hydrogen (secondary N) is 5. The lowest BCUT2D eigenvalue weighted by Crippen LogP contribution is -2.56. The Morgan fingerprint density at radius 1 is 0.233 bits per heavy atom. The predicted octanol–water partition coefficient (Wildman–Crippen LogP) is 20.9. The van der Waals surface area contributed by atoms with E-state index in [2.05, 4.69) is 26.6 Å². The number of hydrogen-bond acceptors (Lipinski definition) is 29. The van der Waals surface area contributed by atoms with Crippen LogP contribution in [0.1, 0.15) is 347 Å². The minimum absolute atomic E-state index is 0.0507. The summed E-state index contributed by atoms with van der Waals surface area (Å²) in [7, 11) is 0. The Balaban J connectivity index is 1.46. The quantitative estimate of drug-likeness (QED) is 0.0134. The third-order valence-electron chi connectivity index (χ3n) is 22.9. The molecule has 7 rings (SSSR count). The van der Waals surface area contributed by atoms with Crippen molar-refractivity contribution in [2.75, 3.05) is 13.2 Å². The van der Waals surface area contributed by atoms with E-state index in [0.717, 1.165) is 0 Å². The topological polar surface area (TPSA) is 452 Å². The molecule has 0 atom stereocenters. The van der Waals surface area contributed by atoms with E-state index in [-0.39, 0.29) is 135 Å². The minimum atomic E-state index is -1.94. The van der Waals surface area contributed by atoms with Crippen LogP contribution in [0, 0.1) is 0 Å². The highest BCUT2D eigenvalue weighted by atomic mass is 16.6. The lowest BCUT2D eigenvalue weighted by Gasteiger charge is -2.39. The molecule has 0 radical (unpaired) electrons. The van der Waals surface area contributed by atoms with Gasteiger partial charge in [-0.1, -0.05) is 24.3 Å². The number of carbonyl (C=O) groups is 13. The number of pyridine rings is 6. The summed E-state index contributed by atoms with van der Waals surface area (Å²) >= 11 is 0. The first kappa shape index (κ1) is 124. The largest absolute Gasteiger partial charge is 0.493 e. The maximum atomic E-state index is 16.0. The summed E-state index contributed by atoms with van der Waals surface area (Å²) in [6.07, 6.45) is -1.34. The molecule has 0 saturated heterocycles. The third-order valence-corrected chi connectivity index (χ3v) is 22.9. The Hall–Kier alpha value is -13.2. The van der Waals surface area contributed by atoms with Crippen LogP contribution in [-0.2, 0) is 100 Å². The maximum Gasteiger partial charge on any atom is 0.315 e. The van der Waals surface area contributed by atoms with Crippen LogP contribution in [0.2, 0.25) is 0 Å². The predicted molar refractivity (Wildman–Crippen MR) is 571 cm³/mol. The summed E-state index contributed by atoms with van der Waals surface area (Å²) in [5, 5.41) is 15.6. The van der Waals surface area contributed by atoms with Crippen LogP contribution in [0.3, 0.4) is 0 Å². The summed E-state index contributed by atoms with van der Waals surface area (Å²) in [5.41, 5.74) is -8.23. The summed E-state index contributed by atoms with van der Waals surface area (Å²) in [6.45, 7) is 45.3. The van der Waals surface area contributed by atoms with Crippen LogP contribution in [0.5, 0.6) is 5.75 Å². The Labute approximate surface area is 885 Å². The molecule has 0 bridgehead atoms. The molecule has 0 saturated carbocycles. The van der Waals surface area contributed by atoms with Gasteiger partial charge in [0, 0.05) is 131 Å². The molecular weight excluding hydrogens is 1920 g/mol. The maximum absolute atomic E-state index is 16.0. The van der Waals surface area contributed by atoms with Gasteiger partial charge in [0.15, 0.2) is 0 Å². The highest BCUT2D eigenvalue weighted by Crippen LogP contribution is 2.41. The van der Waals surface area contributed by atoms with Crippen LogP contribution >= 0.6 is 0 Å². The zero-order valence-corrected chi connectivity index (χ0v) is 93.4. The molecule has 34 nitrogen and oxygen atoms in total. The van der Waals surface area contributed by atoms with Gasteiger partial charge in [-0.15, -0.1) is 0 Å². The molecule has 0 spiro atoms. The Morgan fingerprint density at radius 3 is 0.620 bits per heavy atom. The van der Waals surface area contributed by atoms with Crippen molar-refractivity contribution in [1.29, 1.82) is 0 Å². The fourth-order valence-corrected chi connectivity index (χ4v) is 16.7. The van der Waals surface area contributed by atoms with Crippen LogP contribution in [0.4, 0.5) is 4.79 Å². The second-order valence-electron chi connectivity index (χ2n) is 47.5. The van der Waals surface area contributed by atoms with Gasteiger partial charge in [-0.2, -0.15) is 0 Å². The number of amides is 5. The monoisotopic (exact) mass is 2080 g/mol. The van der Waals surface area contributed by atoms with Crippen molar-refractivity contribution in [1.82, 2.24) is 56.5 Å². The van der Waals surface area contributed by atoms with Gasteiger partial charge in [-0.3, -0.25) is 77.5 Å². The number of benzene rings is 1. The molecule has 0 aliphatic heterocycles. The summed E-state index contributed by atoms with van der Waals surface area (Å²) in [5.74, 6) is -8.02. The molecule has 7 aromatic rings. The molecule has 820 valence electrons. The van der Waals surface area contributed by atoms with Crippen LogP contribution in [0.15, 0.2) is 140 Å². The van der Waals surface area contributed by atoms with Gasteiger partial charge in [0.2, 0.25) is 17.7 Å². The van der Waals surface area contributed by atoms with E-state index in [9.17, 15) is 43.2 Å². The number of esters is 9. The second kappa shape index (κ2) is 54.0. The van der Waals surface area contributed by atoms with Crippen LogP contribution in [0.25, 0.3) is 67.8 Å². The molecule has 34 heteroatoms. The molecule has 1 aromatic carbocycles. The van der Waals surface area contributed by atoms with Crippen molar-refractivity contribution in [2.45, 2.75) is 420 Å². The molecular formula is C116H163N11O23. The molecule has 5 N–H and O–H groups in total. The zero-order chi connectivity index (χ0) is 112. The number of rotatable bonds is 51.